The Balaban J connectivity index is 1.82. The van der Waals surface area contributed by atoms with Crippen LogP contribution in [-0.2, 0) is 4.79 Å². The van der Waals surface area contributed by atoms with Gasteiger partial charge in [-0.05, 0) is 67.4 Å². The normalized spacial score (nSPS) is 11.4. The maximum atomic E-state index is 11.2. The maximum Gasteiger partial charge on any atom is 0.308 e. The molecular formula is C24H16O2. The Morgan fingerprint density at radius 1 is 0.615 bits per heavy atom. The summed E-state index contributed by atoms with van der Waals surface area (Å²) in [6.07, 6.45) is 0. The van der Waals surface area contributed by atoms with Crippen molar-refractivity contribution in [2.75, 3.05) is 0 Å². The van der Waals surface area contributed by atoms with Crippen LogP contribution in [0.2, 0.25) is 0 Å². The molecule has 5 rings (SSSR count). The van der Waals surface area contributed by atoms with E-state index in [1.54, 1.807) is 0 Å². The zero-order chi connectivity index (χ0) is 17.7. The van der Waals surface area contributed by atoms with Gasteiger partial charge >= 0.3 is 5.97 Å². The molecule has 0 aliphatic rings. The van der Waals surface area contributed by atoms with Crippen LogP contribution in [0.1, 0.15) is 6.92 Å². The summed E-state index contributed by atoms with van der Waals surface area (Å²) < 4.78 is 5.21. The first-order chi connectivity index (χ1) is 12.7. The van der Waals surface area contributed by atoms with Crippen LogP contribution in [0.3, 0.4) is 0 Å². The van der Waals surface area contributed by atoms with Gasteiger partial charge in [0.2, 0.25) is 0 Å². The van der Waals surface area contributed by atoms with Gasteiger partial charge in [-0.25, -0.2) is 0 Å². The fourth-order valence-corrected chi connectivity index (χ4v) is 3.78. The van der Waals surface area contributed by atoms with Crippen LogP contribution in [0, 0.1) is 0 Å². The van der Waals surface area contributed by atoms with Crippen molar-refractivity contribution < 1.29 is 9.53 Å². The van der Waals surface area contributed by atoms with E-state index in [-0.39, 0.29) is 5.97 Å². The molecule has 0 radical (unpaired) electrons. The topological polar surface area (TPSA) is 26.3 Å². The first-order valence-electron chi connectivity index (χ1n) is 8.65. The van der Waals surface area contributed by atoms with Crippen molar-refractivity contribution in [1.29, 1.82) is 0 Å². The molecule has 0 unspecified atom stereocenters. The van der Waals surface area contributed by atoms with Crippen molar-refractivity contribution in [3.63, 3.8) is 0 Å². The highest BCUT2D eigenvalue weighted by Crippen LogP contribution is 2.34. The molecule has 2 heteroatoms. The minimum atomic E-state index is -0.303. The van der Waals surface area contributed by atoms with E-state index in [2.05, 4.69) is 60.7 Å². The van der Waals surface area contributed by atoms with E-state index in [4.69, 9.17) is 4.74 Å². The Kier molecular flexibility index (Phi) is 3.19. The summed E-state index contributed by atoms with van der Waals surface area (Å²) in [7, 11) is 0. The van der Waals surface area contributed by atoms with Gasteiger partial charge in [0.25, 0.3) is 0 Å². The third-order valence-corrected chi connectivity index (χ3v) is 4.93. The Hall–Kier alpha value is -3.39. The molecule has 0 aliphatic heterocycles. The van der Waals surface area contributed by atoms with Crippen molar-refractivity contribution >= 4 is 49.1 Å². The number of carbonyl (C=O) groups excluding carboxylic acids is 1. The van der Waals surface area contributed by atoms with Crippen LogP contribution in [-0.4, -0.2) is 5.97 Å². The average molecular weight is 336 g/mol. The van der Waals surface area contributed by atoms with E-state index in [9.17, 15) is 4.79 Å². The number of ether oxygens (including phenoxy) is 1. The van der Waals surface area contributed by atoms with Gasteiger partial charge in [-0.15, -0.1) is 0 Å². The fourth-order valence-electron chi connectivity index (χ4n) is 3.78. The van der Waals surface area contributed by atoms with E-state index in [0.29, 0.717) is 5.75 Å². The lowest BCUT2D eigenvalue weighted by atomic mass is 9.95. The highest BCUT2D eigenvalue weighted by atomic mass is 16.5. The molecule has 0 heterocycles. The summed E-state index contributed by atoms with van der Waals surface area (Å²) in [5, 5.41) is 9.67. The second-order valence-corrected chi connectivity index (χ2v) is 6.62. The summed E-state index contributed by atoms with van der Waals surface area (Å²) in [4.78, 5) is 11.2. The van der Waals surface area contributed by atoms with Crippen LogP contribution in [0.15, 0.2) is 78.9 Å². The number of rotatable bonds is 1. The molecular weight excluding hydrogens is 320 g/mol. The Labute approximate surface area is 150 Å². The Bertz CT molecular complexity index is 1330. The summed E-state index contributed by atoms with van der Waals surface area (Å²) in [5.41, 5.74) is 0. The molecule has 0 spiro atoms. The van der Waals surface area contributed by atoms with Crippen LogP contribution < -0.4 is 4.74 Å². The lowest BCUT2D eigenvalue weighted by Gasteiger charge is -2.10. The van der Waals surface area contributed by atoms with Crippen molar-refractivity contribution in [2.45, 2.75) is 6.92 Å². The lowest BCUT2D eigenvalue weighted by Crippen LogP contribution is -2.00. The molecule has 0 aromatic heterocycles. The zero-order valence-electron chi connectivity index (χ0n) is 14.3. The van der Waals surface area contributed by atoms with Gasteiger partial charge in [-0.3, -0.25) is 4.79 Å². The van der Waals surface area contributed by atoms with Crippen LogP contribution >= 0.6 is 0 Å². The minimum absolute atomic E-state index is 0.303. The van der Waals surface area contributed by atoms with Gasteiger partial charge in [-0.1, -0.05) is 54.6 Å². The molecule has 0 bridgehead atoms. The smallest absolute Gasteiger partial charge is 0.308 e. The molecule has 26 heavy (non-hydrogen) atoms. The SMILES string of the molecule is CC(=O)Oc1ccc2c(ccc3cc4c(ccc5ccccc54)cc32)c1. The molecule has 5 aromatic carbocycles. The maximum absolute atomic E-state index is 11.2. The van der Waals surface area contributed by atoms with Gasteiger partial charge in [-0.2, -0.15) is 0 Å². The minimum Gasteiger partial charge on any atom is -0.427 e. The van der Waals surface area contributed by atoms with Crippen molar-refractivity contribution in [3.05, 3.63) is 78.9 Å². The van der Waals surface area contributed by atoms with Crippen molar-refractivity contribution in [1.82, 2.24) is 0 Å². The quantitative estimate of drug-likeness (QED) is 0.157. The van der Waals surface area contributed by atoms with Gasteiger partial charge in [0.05, 0.1) is 0 Å². The predicted molar refractivity (Wildman–Crippen MR) is 108 cm³/mol. The number of carbonyl (C=O) groups is 1. The van der Waals surface area contributed by atoms with Crippen molar-refractivity contribution in [2.24, 2.45) is 0 Å². The molecule has 0 amide bonds. The number of benzene rings is 5. The predicted octanol–water partition coefficient (Wildman–Crippen LogP) is 6.22. The largest absolute Gasteiger partial charge is 0.427 e. The first-order valence-corrected chi connectivity index (χ1v) is 8.65. The molecule has 0 atom stereocenters. The van der Waals surface area contributed by atoms with Gasteiger partial charge in [0.1, 0.15) is 5.75 Å². The Morgan fingerprint density at radius 2 is 1.19 bits per heavy atom. The summed E-state index contributed by atoms with van der Waals surface area (Å²) in [6, 6.07) is 27.4. The third-order valence-electron chi connectivity index (χ3n) is 4.93. The molecule has 0 aliphatic carbocycles. The summed E-state index contributed by atoms with van der Waals surface area (Å²) in [5.74, 6) is 0.277. The highest BCUT2D eigenvalue weighted by Gasteiger charge is 2.07. The number of hydrogen-bond donors (Lipinski definition) is 0. The Morgan fingerprint density at radius 3 is 1.88 bits per heavy atom. The standard InChI is InChI=1S/C24H16O2/c1-15(25)26-20-10-11-22-17(12-20)8-9-19-13-23-18(14-24(19)22)7-6-16-4-2-3-5-21(16)23/h2-14H,1H3. The lowest BCUT2D eigenvalue weighted by molar-refractivity contribution is -0.131. The third kappa shape index (κ3) is 2.31. The van der Waals surface area contributed by atoms with Crippen LogP contribution in [0.25, 0.3) is 43.1 Å². The van der Waals surface area contributed by atoms with Gasteiger partial charge in [0, 0.05) is 6.92 Å². The molecule has 124 valence electrons. The van der Waals surface area contributed by atoms with Crippen molar-refractivity contribution in [3.8, 4) is 5.75 Å². The summed E-state index contributed by atoms with van der Waals surface area (Å²) >= 11 is 0. The zero-order valence-corrected chi connectivity index (χ0v) is 14.3. The average Bonchev–Trinajstić information content (AvgIpc) is 2.65. The summed E-state index contributed by atoms with van der Waals surface area (Å²) in [6.45, 7) is 1.42. The van der Waals surface area contributed by atoms with E-state index in [0.717, 1.165) is 10.8 Å². The molecule has 2 nitrogen and oxygen atoms in total. The van der Waals surface area contributed by atoms with Gasteiger partial charge in [0.15, 0.2) is 0 Å². The van der Waals surface area contributed by atoms with Crippen LogP contribution in [0.5, 0.6) is 5.75 Å². The molecule has 5 aromatic rings. The molecule has 0 fully saturated rings. The molecule has 0 N–H and O–H groups in total. The number of fused-ring (bicyclic) bond motifs is 6. The second kappa shape index (κ2) is 5.57. The monoisotopic (exact) mass is 336 g/mol. The molecule has 0 saturated carbocycles. The second-order valence-electron chi connectivity index (χ2n) is 6.62. The first kappa shape index (κ1) is 14.9. The van der Waals surface area contributed by atoms with E-state index in [1.807, 2.05) is 18.2 Å². The van der Waals surface area contributed by atoms with E-state index < -0.39 is 0 Å². The van der Waals surface area contributed by atoms with Crippen LogP contribution in [0.4, 0.5) is 0 Å². The number of hydrogen-bond acceptors (Lipinski definition) is 2. The van der Waals surface area contributed by atoms with Gasteiger partial charge < -0.3 is 4.74 Å². The highest BCUT2D eigenvalue weighted by molar-refractivity contribution is 6.17. The van der Waals surface area contributed by atoms with E-state index >= 15 is 0 Å². The van der Waals surface area contributed by atoms with E-state index in [1.165, 1.54) is 39.2 Å². The number of esters is 1. The molecule has 0 saturated heterocycles. The fraction of sp³-hybridized carbons (Fsp3) is 0.0417.